The zero-order valence-corrected chi connectivity index (χ0v) is 18.1. The quantitative estimate of drug-likeness (QED) is 0.778. The normalized spacial score (nSPS) is 19.1. The number of carbonyl (C=O) groups is 1. The molecule has 0 aromatic heterocycles. The van der Waals surface area contributed by atoms with E-state index in [0.29, 0.717) is 24.4 Å². The van der Waals surface area contributed by atoms with Crippen LogP contribution in [0.2, 0.25) is 0 Å². The molecule has 1 aliphatic heterocycles. The van der Waals surface area contributed by atoms with Crippen molar-refractivity contribution in [2.24, 2.45) is 11.1 Å². The standard InChI is InChI=1S/C21H30N2O4S/c1-20(2,3)27-19(24)23-15-17(14-21(23,4)5)10-7-6-9-16-11-8-12-18(13-16)28(22,25)26/h8,11-13,17H,7,10,14-15H2,1-5H3,(H2,22,25,26). The highest BCUT2D eigenvalue weighted by Crippen LogP contribution is 2.35. The Bertz CT molecular complexity index is 889. The molecule has 0 bridgehead atoms. The number of rotatable bonds is 3. The Morgan fingerprint density at radius 1 is 1.36 bits per heavy atom. The first-order valence-electron chi connectivity index (χ1n) is 9.40. The summed E-state index contributed by atoms with van der Waals surface area (Å²) >= 11 is 0. The second-order valence-corrected chi connectivity index (χ2v) is 10.4. The lowest BCUT2D eigenvalue weighted by molar-refractivity contribution is 0.0131. The third-order valence-corrected chi connectivity index (χ3v) is 5.56. The van der Waals surface area contributed by atoms with Gasteiger partial charge in [0.1, 0.15) is 5.60 Å². The largest absolute Gasteiger partial charge is 0.444 e. The van der Waals surface area contributed by atoms with Crippen LogP contribution in [0.1, 0.15) is 59.4 Å². The minimum absolute atomic E-state index is 0.0600. The number of hydrogen-bond acceptors (Lipinski definition) is 4. The van der Waals surface area contributed by atoms with E-state index in [1.807, 2.05) is 25.7 Å². The zero-order valence-electron chi connectivity index (χ0n) is 17.3. The van der Waals surface area contributed by atoms with Gasteiger partial charge in [-0.3, -0.25) is 0 Å². The maximum Gasteiger partial charge on any atom is 0.410 e. The van der Waals surface area contributed by atoms with Crippen molar-refractivity contribution in [3.63, 3.8) is 0 Å². The maximum absolute atomic E-state index is 12.5. The van der Waals surface area contributed by atoms with Gasteiger partial charge in [-0.15, -0.1) is 0 Å². The second kappa shape index (κ2) is 8.14. The fraction of sp³-hybridized carbons (Fsp3) is 0.571. The molecule has 1 atom stereocenters. The SMILES string of the molecule is CC(C)(C)OC(=O)N1CC(CCC#Cc2cccc(S(N)(=O)=O)c2)CC1(C)C. The number of carbonyl (C=O) groups excluding carboxylic acids is 1. The van der Waals surface area contributed by atoms with Crippen molar-refractivity contribution < 1.29 is 17.9 Å². The number of nitrogens with two attached hydrogens (primary N) is 1. The van der Waals surface area contributed by atoms with E-state index in [0.717, 1.165) is 12.8 Å². The summed E-state index contributed by atoms with van der Waals surface area (Å²) < 4.78 is 28.3. The van der Waals surface area contributed by atoms with Crippen LogP contribution >= 0.6 is 0 Å². The summed E-state index contributed by atoms with van der Waals surface area (Å²) in [5, 5.41) is 5.15. The van der Waals surface area contributed by atoms with E-state index in [-0.39, 0.29) is 16.5 Å². The first-order valence-corrected chi connectivity index (χ1v) is 10.9. The summed E-state index contributed by atoms with van der Waals surface area (Å²) in [5.41, 5.74) is -0.138. The minimum atomic E-state index is -3.73. The average Bonchev–Trinajstić information content (AvgIpc) is 2.84. The number of ether oxygens (including phenoxy) is 1. The number of amides is 1. The summed E-state index contributed by atoms with van der Waals surface area (Å²) in [6.07, 6.45) is 2.16. The van der Waals surface area contributed by atoms with Crippen LogP contribution in [0.3, 0.4) is 0 Å². The Morgan fingerprint density at radius 3 is 2.64 bits per heavy atom. The molecule has 2 rings (SSSR count). The Labute approximate surface area is 168 Å². The van der Waals surface area contributed by atoms with Crippen LogP contribution in [0.4, 0.5) is 4.79 Å². The lowest BCUT2D eigenvalue weighted by Gasteiger charge is -2.33. The van der Waals surface area contributed by atoms with Crippen molar-refractivity contribution in [2.45, 2.75) is 69.9 Å². The fourth-order valence-electron chi connectivity index (χ4n) is 3.41. The minimum Gasteiger partial charge on any atom is -0.444 e. The molecule has 1 unspecified atom stereocenters. The third-order valence-electron chi connectivity index (χ3n) is 4.65. The molecule has 1 aromatic carbocycles. The summed E-state index contributed by atoms with van der Waals surface area (Å²) in [6.45, 7) is 10.4. The number of sulfonamides is 1. The van der Waals surface area contributed by atoms with Crippen molar-refractivity contribution in [3.8, 4) is 11.8 Å². The van der Waals surface area contributed by atoms with Gasteiger partial charge in [-0.1, -0.05) is 17.9 Å². The Kier molecular flexibility index (Phi) is 6.47. The van der Waals surface area contributed by atoms with E-state index in [1.54, 1.807) is 12.1 Å². The van der Waals surface area contributed by atoms with Gasteiger partial charge >= 0.3 is 6.09 Å². The zero-order chi connectivity index (χ0) is 21.2. The molecule has 1 fully saturated rings. The lowest BCUT2D eigenvalue weighted by atomic mass is 9.93. The smallest absolute Gasteiger partial charge is 0.410 e. The molecule has 0 spiro atoms. The third kappa shape index (κ3) is 6.25. The van der Waals surface area contributed by atoms with Gasteiger partial charge in [0.2, 0.25) is 10.0 Å². The predicted molar refractivity (Wildman–Crippen MR) is 109 cm³/mol. The van der Waals surface area contributed by atoms with Gasteiger partial charge in [-0.25, -0.2) is 18.4 Å². The van der Waals surface area contributed by atoms with Crippen molar-refractivity contribution in [1.82, 2.24) is 4.90 Å². The average molecular weight is 407 g/mol. The van der Waals surface area contributed by atoms with Crippen LogP contribution in [0.15, 0.2) is 29.2 Å². The first kappa shape index (κ1) is 22.3. The molecule has 0 aliphatic carbocycles. The summed E-state index contributed by atoms with van der Waals surface area (Å²) in [7, 11) is -3.73. The topological polar surface area (TPSA) is 89.7 Å². The van der Waals surface area contributed by atoms with Crippen LogP contribution in [0.25, 0.3) is 0 Å². The molecule has 1 saturated heterocycles. The number of nitrogens with zero attached hydrogens (tertiary/aromatic N) is 1. The van der Waals surface area contributed by atoms with Gasteiger partial charge in [-0.05, 0) is 71.6 Å². The van der Waals surface area contributed by atoms with E-state index >= 15 is 0 Å². The molecule has 1 heterocycles. The van der Waals surface area contributed by atoms with Crippen LogP contribution in [0, 0.1) is 17.8 Å². The van der Waals surface area contributed by atoms with E-state index in [4.69, 9.17) is 9.88 Å². The summed E-state index contributed by atoms with van der Waals surface area (Å²) in [5.74, 6) is 6.44. The van der Waals surface area contributed by atoms with Gasteiger partial charge in [0.25, 0.3) is 0 Å². The molecule has 1 amide bonds. The molecule has 0 saturated carbocycles. The molecular formula is C21H30N2O4S. The van der Waals surface area contributed by atoms with Gasteiger partial charge < -0.3 is 9.64 Å². The number of primary sulfonamides is 1. The molecule has 154 valence electrons. The summed E-state index contributed by atoms with van der Waals surface area (Å²) in [6, 6.07) is 6.31. The van der Waals surface area contributed by atoms with Crippen molar-refractivity contribution in [3.05, 3.63) is 29.8 Å². The van der Waals surface area contributed by atoms with E-state index < -0.39 is 15.6 Å². The Morgan fingerprint density at radius 2 is 2.04 bits per heavy atom. The highest BCUT2D eigenvalue weighted by molar-refractivity contribution is 7.89. The molecule has 6 nitrogen and oxygen atoms in total. The fourth-order valence-corrected chi connectivity index (χ4v) is 3.97. The molecule has 0 radical (unpaired) electrons. The predicted octanol–water partition coefficient (Wildman–Crippen LogP) is 3.50. The Hall–Kier alpha value is -2.04. The van der Waals surface area contributed by atoms with Crippen molar-refractivity contribution in [2.75, 3.05) is 6.54 Å². The number of hydrogen-bond donors (Lipinski definition) is 1. The Balaban J connectivity index is 1.95. The van der Waals surface area contributed by atoms with Gasteiger partial charge in [0.05, 0.1) is 4.90 Å². The molecule has 7 heteroatoms. The van der Waals surface area contributed by atoms with Gasteiger partial charge in [0.15, 0.2) is 0 Å². The number of benzene rings is 1. The van der Waals surface area contributed by atoms with Crippen LogP contribution in [-0.2, 0) is 14.8 Å². The van der Waals surface area contributed by atoms with Crippen LogP contribution in [0.5, 0.6) is 0 Å². The molecule has 2 N–H and O–H groups in total. The van der Waals surface area contributed by atoms with Gasteiger partial charge in [-0.2, -0.15) is 0 Å². The van der Waals surface area contributed by atoms with Crippen molar-refractivity contribution in [1.29, 1.82) is 0 Å². The molecule has 28 heavy (non-hydrogen) atoms. The van der Waals surface area contributed by atoms with Crippen molar-refractivity contribution >= 4 is 16.1 Å². The lowest BCUT2D eigenvalue weighted by Crippen LogP contribution is -2.45. The monoisotopic (exact) mass is 406 g/mol. The highest BCUT2D eigenvalue weighted by Gasteiger charge is 2.42. The first-order chi connectivity index (χ1) is 12.8. The van der Waals surface area contributed by atoms with E-state index in [1.165, 1.54) is 12.1 Å². The molecular weight excluding hydrogens is 376 g/mol. The summed E-state index contributed by atoms with van der Waals surface area (Å²) in [4.78, 5) is 14.3. The molecule has 1 aliphatic rings. The van der Waals surface area contributed by atoms with Crippen LogP contribution < -0.4 is 5.14 Å². The molecule has 1 aromatic rings. The van der Waals surface area contributed by atoms with E-state index in [2.05, 4.69) is 25.7 Å². The number of likely N-dealkylation sites (tertiary alicyclic amines) is 1. The highest BCUT2D eigenvalue weighted by atomic mass is 32.2. The van der Waals surface area contributed by atoms with E-state index in [9.17, 15) is 13.2 Å². The maximum atomic E-state index is 12.5. The second-order valence-electron chi connectivity index (χ2n) is 8.89. The van der Waals surface area contributed by atoms with Gasteiger partial charge in [0, 0.05) is 24.1 Å². The van der Waals surface area contributed by atoms with Crippen LogP contribution in [-0.4, -0.2) is 37.1 Å².